The maximum atomic E-state index is 11.9. The molecule has 0 radical (unpaired) electrons. The van der Waals surface area contributed by atoms with Gasteiger partial charge in [0.2, 0.25) is 11.6 Å². The van der Waals surface area contributed by atoms with E-state index < -0.39 is 0 Å². The molecule has 0 aliphatic carbocycles. The minimum absolute atomic E-state index is 0.0436. The zero-order valence-electron chi connectivity index (χ0n) is 16.7. The van der Waals surface area contributed by atoms with E-state index in [0.717, 1.165) is 57.2 Å². The molecule has 3 rings (SSSR count). The molecule has 1 N–H and O–H groups in total. The summed E-state index contributed by atoms with van der Waals surface area (Å²) in [5.41, 5.74) is 2.01. The smallest absolute Gasteiger partial charge is 0.348 e. The lowest BCUT2D eigenvalue weighted by Gasteiger charge is -2.35. The van der Waals surface area contributed by atoms with Gasteiger partial charge in [0.25, 0.3) is 0 Å². The van der Waals surface area contributed by atoms with Crippen molar-refractivity contribution in [2.24, 2.45) is 0 Å². The highest BCUT2D eigenvalue weighted by atomic mass is 16.6. The van der Waals surface area contributed by atoms with Crippen LogP contribution < -0.4 is 10.2 Å². The summed E-state index contributed by atoms with van der Waals surface area (Å²) in [6, 6.07) is 8.30. The second-order valence-corrected chi connectivity index (χ2v) is 7.33. The molecule has 150 valence electrons. The van der Waals surface area contributed by atoms with Gasteiger partial charge in [-0.3, -0.25) is 10.1 Å². The third-order valence-electron chi connectivity index (χ3n) is 5.39. The summed E-state index contributed by atoms with van der Waals surface area (Å²) in [6.45, 7) is 5.09. The Balaban J connectivity index is 1.88. The molecule has 0 saturated carbocycles. The number of nitrogens with zero attached hydrogens (tertiary/aromatic N) is 4. The van der Waals surface area contributed by atoms with Crippen molar-refractivity contribution >= 4 is 23.0 Å². The van der Waals surface area contributed by atoms with Crippen molar-refractivity contribution < 1.29 is 4.92 Å². The van der Waals surface area contributed by atoms with E-state index in [4.69, 9.17) is 0 Å². The van der Waals surface area contributed by atoms with Gasteiger partial charge in [-0.15, -0.1) is 0 Å². The molecule has 2 aromatic rings. The van der Waals surface area contributed by atoms with Crippen molar-refractivity contribution in [3.05, 3.63) is 46.3 Å². The largest absolute Gasteiger partial charge is 0.353 e. The Morgan fingerprint density at radius 3 is 2.68 bits per heavy atom. The first-order valence-electron chi connectivity index (χ1n) is 10.3. The number of piperidine rings is 1. The van der Waals surface area contributed by atoms with Crippen LogP contribution in [0.15, 0.2) is 30.6 Å². The Morgan fingerprint density at radius 2 is 2.00 bits per heavy atom. The molecule has 0 amide bonds. The first-order valence-corrected chi connectivity index (χ1v) is 10.3. The molecule has 7 heteroatoms. The predicted octanol–water partition coefficient (Wildman–Crippen LogP) is 5.24. The van der Waals surface area contributed by atoms with E-state index >= 15 is 0 Å². The third kappa shape index (κ3) is 4.58. The number of rotatable bonds is 8. The molecule has 1 atom stereocenters. The molecular formula is C21H29N5O2. The van der Waals surface area contributed by atoms with Crippen LogP contribution in [-0.2, 0) is 6.42 Å². The average molecular weight is 383 g/mol. The summed E-state index contributed by atoms with van der Waals surface area (Å²) >= 11 is 0. The summed E-state index contributed by atoms with van der Waals surface area (Å²) in [7, 11) is 0. The number of nitrogens with one attached hydrogen (secondary N) is 1. The second kappa shape index (κ2) is 9.48. The van der Waals surface area contributed by atoms with Crippen LogP contribution in [0.3, 0.4) is 0 Å². The van der Waals surface area contributed by atoms with Crippen molar-refractivity contribution in [1.82, 2.24) is 9.97 Å². The fourth-order valence-electron chi connectivity index (χ4n) is 3.82. The van der Waals surface area contributed by atoms with E-state index in [2.05, 4.69) is 46.2 Å². The Bertz CT molecular complexity index is 794. The van der Waals surface area contributed by atoms with Crippen molar-refractivity contribution in [3.63, 3.8) is 0 Å². The summed E-state index contributed by atoms with van der Waals surface area (Å²) in [6.07, 6.45) is 8.95. The molecule has 1 aromatic heterocycles. The summed E-state index contributed by atoms with van der Waals surface area (Å²) < 4.78 is 0. The molecule has 2 heterocycles. The first-order chi connectivity index (χ1) is 13.6. The summed E-state index contributed by atoms with van der Waals surface area (Å²) in [5.74, 6) is 0.672. The molecule has 7 nitrogen and oxygen atoms in total. The fraction of sp³-hybridized carbons (Fsp3) is 0.524. The highest BCUT2D eigenvalue weighted by Gasteiger charge is 2.31. The van der Waals surface area contributed by atoms with Crippen LogP contribution in [-0.4, -0.2) is 27.5 Å². The van der Waals surface area contributed by atoms with E-state index in [0.29, 0.717) is 5.82 Å². The zero-order chi connectivity index (χ0) is 19.9. The predicted molar refractivity (Wildman–Crippen MR) is 112 cm³/mol. The van der Waals surface area contributed by atoms with Crippen LogP contribution in [0.5, 0.6) is 0 Å². The monoisotopic (exact) mass is 383 g/mol. The minimum atomic E-state index is -0.366. The van der Waals surface area contributed by atoms with Crippen LogP contribution in [0.2, 0.25) is 0 Å². The lowest BCUT2D eigenvalue weighted by molar-refractivity contribution is -0.383. The minimum Gasteiger partial charge on any atom is -0.348 e. The third-order valence-corrected chi connectivity index (χ3v) is 5.39. The maximum absolute atomic E-state index is 11.9. The summed E-state index contributed by atoms with van der Waals surface area (Å²) in [5, 5.41) is 15.0. The quantitative estimate of drug-likeness (QED) is 0.496. The Kier molecular flexibility index (Phi) is 6.79. The highest BCUT2D eigenvalue weighted by molar-refractivity contribution is 5.74. The lowest BCUT2D eigenvalue weighted by atomic mass is 10.00. The van der Waals surface area contributed by atoms with Gasteiger partial charge < -0.3 is 10.2 Å². The molecule has 1 fully saturated rings. The molecular weight excluding hydrogens is 354 g/mol. The standard InChI is InChI=1S/C21H29N5O2/c1-3-5-8-16-10-12-17(13-11-16)24-20-19(26(27)28)21(23-15-22-20)25-14-7-6-9-18(25)4-2/h10-13,15,18H,3-9,14H2,1-2H3,(H,22,23,24). The maximum Gasteiger partial charge on any atom is 0.353 e. The van der Waals surface area contributed by atoms with E-state index in [1.54, 1.807) is 0 Å². The van der Waals surface area contributed by atoms with E-state index in [-0.39, 0.29) is 22.5 Å². The number of nitro groups is 1. The number of unbranched alkanes of at least 4 members (excludes halogenated alkanes) is 1. The zero-order valence-corrected chi connectivity index (χ0v) is 16.7. The molecule has 1 aliphatic heterocycles. The van der Waals surface area contributed by atoms with Crippen molar-refractivity contribution in [2.75, 3.05) is 16.8 Å². The van der Waals surface area contributed by atoms with Crippen LogP contribution >= 0.6 is 0 Å². The van der Waals surface area contributed by atoms with Crippen molar-refractivity contribution in [1.29, 1.82) is 0 Å². The molecule has 1 aromatic carbocycles. The fourth-order valence-corrected chi connectivity index (χ4v) is 3.82. The van der Waals surface area contributed by atoms with Crippen molar-refractivity contribution in [2.45, 2.75) is 64.8 Å². The number of hydrogen-bond acceptors (Lipinski definition) is 6. The van der Waals surface area contributed by atoms with Gasteiger partial charge in [0.1, 0.15) is 6.33 Å². The van der Waals surface area contributed by atoms with Gasteiger partial charge in [0, 0.05) is 18.3 Å². The normalized spacial score (nSPS) is 16.8. The van der Waals surface area contributed by atoms with Crippen LogP contribution in [0, 0.1) is 10.1 Å². The lowest BCUT2D eigenvalue weighted by Crippen LogP contribution is -2.40. The van der Waals surface area contributed by atoms with Gasteiger partial charge in [-0.05, 0) is 56.2 Å². The number of aryl methyl sites for hydroxylation is 1. The molecule has 0 spiro atoms. The van der Waals surface area contributed by atoms with Crippen LogP contribution in [0.1, 0.15) is 57.9 Å². The SMILES string of the molecule is CCCCc1ccc(Nc2ncnc(N3CCCCC3CC)c2[N+](=O)[O-])cc1. The number of hydrogen-bond donors (Lipinski definition) is 1. The number of aromatic nitrogens is 2. The van der Waals surface area contributed by atoms with Gasteiger partial charge in [-0.25, -0.2) is 9.97 Å². The van der Waals surface area contributed by atoms with E-state index in [9.17, 15) is 10.1 Å². The van der Waals surface area contributed by atoms with E-state index in [1.807, 2.05) is 12.1 Å². The first kappa shape index (κ1) is 20.0. The van der Waals surface area contributed by atoms with Crippen LogP contribution in [0.4, 0.5) is 23.0 Å². The van der Waals surface area contributed by atoms with Gasteiger partial charge in [-0.1, -0.05) is 32.4 Å². The molecule has 1 aliphatic rings. The molecule has 1 saturated heterocycles. The number of anilines is 3. The highest BCUT2D eigenvalue weighted by Crippen LogP contribution is 2.37. The van der Waals surface area contributed by atoms with E-state index in [1.165, 1.54) is 11.9 Å². The topological polar surface area (TPSA) is 84.2 Å². The van der Waals surface area contributed by atoms with Gasteiger partial charge in [-0.2, -0.15) is 0 Å². The Hall–Kier alpha value is -2.70. The number of benzene rings is 1. The van der Waals surface area contributed by atoms with Crippen molar-refractivity contribution in [3.8, 4) is 0 Å². The van der Waals surface area contributed by atoms with Gasteiger partial charge in [0.05, 0.1) is 4.92 Å². The second-order valence-electron chi connectivity index (χ2n) is 7.33. The molecule has 28 heavy (non-hydrogen) atoms. The average Bonchev–Trinajstić information content (AvgIpc) is 2.73. The van der Waals surface area contributed by atoms with Gasteiger partial charge in [0.15, 0.2) is 0 Å². The molecule has 0 bridgehead atoms. The summed E-state index contributed by atoms with van der Waals surface area (Å²) in [4.78, 5) is 22.1. The van der Waals surface area contributed by atoms with Gasteiger partial charge >= 0.3 is 5.69 Å². The molecule has 1 unspecified atom stereocenters. The Morgan fingerprint density at radius 1 is 1.21 bits per heavy atom. The Labute approximate surface area is 166 Å². The van der Waals surface area contributed by atoms with Crippen LogP contribution in [0.25, 0.3) is 0 Å².